The van der Waals surface area contributed by atoms with Crippen LogP contribution in [0, 0.1) is 5.92 Å². The second-order valence-electron chi connectivity index (χ2n) is 5.52. The predicted octanol–water partition coefficient (Wildman–Crippen LogP) is 4.91. The molecule has 24 heavy (non-hydrogen) atoms. The standard InChI is InChI=1S/C18H19ClN2O2S/c1-11(2)17(22)20-12-4-6-13(7-5-12)21-18(23)15-10-14(24-3)8-9-16(15)19/h4-11H,1-3H3,(H,20,22)(H,21,23). The second-order valence-corrected chi connectivity index (χ2v) is 6.81. The molecule has 0 bridgehead atoms. The number of anilines is 2. The molecule has 2 amide bonds. The fourth-order valence-electron chi connectivity index (χ4n) is 1.93. The Hall–Kier alpha value is -1.98. The summed E-state index contributed by atoms with van der Waals surface area (Å²) < 4.78 is 0. The van der Waals surface area contributed by atoms with Crippen molar-refractivity contribution in [3.63, 3.8) is 0 Å². The van der Waals surface area contributed by atoms with Crippen molar-refractivity contribution in [1.29, 1.82) is 0 Å². The first-order chi connectivity index (χ1) is 11.4. The number of thioether (sulfide) groups is 1. The lowest BCUT2D eigenvalue weighted by molar-refractivity contribution is -0.118. The van der Waals surface area contributed by atoms with Crippen molar-refractivity contribution in [2.24, 2.45) is 5.92 Å². The molecule has 126 valence electrons. The van der Waals surface area contributed by atoms with Gasteiger partial charge < -0.3 is 10.6 Å². The van der Waals surface area contributed by atoms with Gasteiger partial charge in [0.15, 0.2) is 0 Å². The topological polar surface area (TPSA) is 58.2 Å². The van der Waals surface area contributed by atoms with Crippen LogP contribution in [0.4, 0.5) is 11.4 Å². The van der Waals surface area contributed by atoms with Gasteiger partial charge in [-0.25, -0.2) is 0 Å². The number of benzene rings is 2. The molecule has 0 atom stereocenters. The zero-order valence-electron chi connectivity index (χ0n) is 13.7. The number of carbonyl (C=O) groups excluding carboxylic acids is 2. The maximum absolute atomic E-state index is 12.4. The van der Waals surface area contributed by atoms with Gasteiger partial charge in [0.05, 0.1) is 10.6 Å². The third-order valence-corrected chi connectivity index (χ3v) is 4.41. The molecule has 0 spiro atoms. The van der Waals surface area contributed by atoms with Crippen molar-refractivity contribution in [2.75, 3.05) is 16.9 Å². The first-order valence-electron chi connectivity index (χ1n) is 7.46. The lowest BCUT2D eigenvalue weighted by atomic mass is 10.2. The average molecular weight is 363 g/mol. The molecule has 0 heterocycles. The maximum atomic E-state index is 12.4. The first-order valence-corrected chi connectivity index (χ1v) is 9.07. The maximum Gasteiger partial charge on any atom is 0.257 e. The number of halogens is 1. The van der Waals surface area contributed by atoms with Crippen LogP contribution in [0.5, 0.6) is 0 Å². The summed E-state index contributed by atoms with van der Waals surface area (Å²) in [5.74, 6) is -0.405. The highest BCUT2D eigenvalue weighted by atomic mass is 35.5. The second kappa shape index (κ2) is 8.22. The molecule has 2 N–H and O–H groups in total. The zero-order chi connectivity index (χ0) is 17.7. The van der Waals surface area contributed by atoms with Crippen LogP contribution in [0.2, 0.25) is 5.02 Å². The van der Waals surface area contributed by atoms with Crippen molar-refractivity contribution in [2.45, 2.75) is 18.7 Å². The van der Waals surface area contributed by atoms with E-state index in [4.69, 9.17) is 11.6 Å². The van der Waals surface area contributed by atoms with E-state index in [1.54, 1.807) is 48.2 Å². The van der Waals surface area contributed by atoms with Crippen LogP contribution >= 0.6 is 23.4 Å². The molecule has 0 saturated heterocycles. The zero-order valence-corrected chi connectivity index (χ0v) is 15.3. The Labute approximate surface area is 151 Å². The van der Waals surface area contributed by atoms with E-state index in [1.165, 1.54) is 0 Å². The summed E-state index contributed by atoms with van der Waals surface area (Å²) in [6, 6.07) is 12.3. The van der Waals surface area contributed by atoms with E-state index in [9.17, 15) is 9.59 Å². The third-order valence-electron chi connectivity index (χ3n) is 3.35. The Balaban J connectivity index is 2.08. The molecular weight excluding hydrogens is 344 g/mol. The molecule has 0 saturated carbocycles. The van der Waals surface area contributed by atoms with Crippen LogP contribution in [0.3, 0.4) is 0 Å². The lowest BCUT2D eigenvalue weighted by Gasteiger charge is -2.10. The summed E-state index contributed by atoms with van der Waals surface area (Å²) in [6.45, 7) is 3.66. The van der Waals surface area contributed by atoms with Crippen molar-refractivity contribution in [3.8, 4) is 0 Å². The largest absolute Gasteiger partial charge is 0.326 e. The predicted molar refractivity (Wildman–Crippen MR) is 101 cm³/mol. The van der Waals surface area contributed by atoms with E-state index in [2.05, 4.69) is 10.6 Å². The van der Waals surface area contributed by atoms with Crippen LogP contribution < -0.4 is 10.6 Å². The first kappa shape index (κ1) is 18.4. The number of carbonyl (C=O) groups is 2. The molecule has 0 aliphatic rings. The van der Waals surface area contributed by atoms with Gasteiger partial charge in [-0.1, -0.05) is 25.4 Å². The minimum absolute atomic E-state index is 0.0487. The van der Waals surface area contributed by atoms with E-state index in [1.807, 2.05) is 26.2 Å². The summed E-state index contributed by atoms with van der Waals surface area (Å²) in [4.78, 5) is 25.0. The van der Waals surface area contributed by atoms with E-state index in [-0.39, 0.29) is 17.7 Å². The summed E-state index contributed by atoms with van der Waals surface area (Å²) >= 11 is 7.66. The lowest BCUT2D eigenvalue weighted by Crippen LogP contribution is -2.17. The van der Waals surface area contributed by atoms with Gasteiger partial charge in [0.25, 0.3) is 5.91 Å². The average Bonchev–Trinajstić information content (AvgIpc) is 2.56. The minimum Gasteiger partial charge on any atom is -0.326 e. The quantitative estimate of drug-likeness (QED) is 0.743. The Morgan fingerprint density at radius 3 is 2.12 bits per heavy atom. The molecule has 2 aromatic carbocycles. The number of amides is 2. The number of nitrogens with one attached hydrogen (secondary N) is 2. The van der Waals surface area contributed by atoms with Gasteiger partial charge in [-0.15, -0.1) is 11.8 Å². The van der Waals surface area contributed by atoms with Crippen molar-refractivity contribution in [3.05, 3.63) is 53.1 Å². The van der Waals surface area contributed by atoms with Gasteiger partial charge in [-0.3, -0.25) is 9.59 Å². The number of rotatable bonds is 5. The van der Waals surface area contributed by atoms with Crippen molar-refractivity contribution in [1.82, 2.24) is 0 Å². The Morgan fingerprint density at radius 1 is 1.00 bits per heavy atom. The van der Waals surface area contributed by atoms with Crippen molar-refractivity contribution >= 4 is 46.6 Å². The highest BCUT2D eigenvalue weighted by Gasteiger charge is 2.12. The fourth-order valence-corrected chi connectivity index (χ4v) is 2.57. The van der Waals surface area contributed by atoms with Gasteiger partial charge in [0, 0.05) is 22.2 Å². The van der Waals surface area contributed by atoms with Crippen LogP contribution in [0.25, 0.3) is 0 Å². The van der Waals surface area contributed by atoms with E-state index >= 15 is 0 Å². The highest BCUT2D eigenvalue weighted by Crippen LogP contribution is 2.24. The molecule has 6 heteroatoms. The smallest absolute Gasteiger partial charge is 0.257 e. The summed E-state index contributed by atoms with van der Waals surface area (Å²) in [7, 11) is 0. The van der Waals surface area contributed by atoms with E-state index in [0.29, 0.717) is 22.0 Å². The summed E-state index contributed by atoms with van der Waals surface area (Å²) in [5.41, 5.74) is 1.75. The molecule has 2 aromatic rings. The summed E-state index contributed by atoms with van der Waals surface area (Å²) in [5, 5.41) is 6.02. The Morgan fingerprint density at radius 2 is 1.58 bits per heavy atom. The van der Waals surface area contributed by atoms with Crippen LogP contribution in [-0.2, 0) is 4.79 Å². The molecule has 2 rings (SSSR count). The molecule has 0 fully saturated rings. The molecule has 0 aliphatic carbocycles. The summed E-state index contributed by atoms with van der Waals surface area (Å²) in [6.07, 6.45) is 1.94. The van der Waals surface area contributed by atoms with Gasteiger partial charge in [0.1, 0.15) is 0 Å². The fraction of sp³-hybridized carbons (Fsp3) is 0.222. The molecule has 0 unspecified atom stereocenters. The Kier molecular flexibility index (Phi) is 6.29. The van der Waals surface area contributed by atoms with Gasteiger partial charge in [0.2, 0.25) is 5.91 Å². The van der Waals surface area contributed by atoms with Gasteiger partial charge >= 0.3 is 0 Å². The van der Waals surface area contributed by atoms with E-state index < -0.39 is 0 Å². The third kappa shape index (κ3) is 4.76. The minimum atomic E-state index is -0.269. The van der Waals surface area contributed by atoms with Crippen LogP contribution in [-0.4, -0.2) is 18.1 Å². The van der Waals surface area contributed by atoms with Gasteiger partial charge in [-0.05, 0) is 48.7 Å². The molecule has 0 aromatic heterocycles. The highest BCUT2D eigenvalue weighted by molar-refractivity contribution is 7.98. The molecule has 0 aliphatic heterocycles. The number of hydrogen-bond acceptors (Lipinski definition) is 3. The normalized spacial score (nSPS) is 10.5. The van der Waals surface area contributed by atoms with Crippen molar-refractivity contribution < 1.29 is 9.59 Å². The van der Waals surface area contributed by atoms with Crippen LogP contribution in [0.15, 0.2) is 47.4 Å². The molecule has 0 radical (unpaired) electrons. The van der Waals surface area contributed by atoms with Crippen LogP contribution in [0.1, 0.15) is 24.2 Å². The molecular formula is C18H19ClN2O2S. The van der Waals surface area contributed by atoms with Gasteiger partial charge in [-0.2, -0.15) is 0 Å². The van der Waals surface area contributed by atoms with E-state index in [0.717, 1.165) is 4.90 Å². The Bertz CT molecular complexity index is 745. The molecule has 4 nitrogen and oxygen atoms in total. The SMILES string of the molecule is CSc1ccc(Cl)c(C(=O)Nc2ccc(NC(=O)C(C)C)cc2)c1. The monoisotopic (exact) mass is 362 g/mol. The number of hydrogen-bond donors (Lipinski definition) is 2.